The molecule has 0 aromatic heterocycles. The molecule has 13 heteroatoms. The molecule has 2 heterocycles. The van der Waals surface area contributed by atoms with Gasteiger partial charge in [0.15, 0.2) is 41.0 Å². The van der Waals surface area contributed by atoms with Crippen molar-refractivity contribution in [1.82, 2.24) is 0 Å². The minimum absolute atomic E-state index is 0.476. The Labute approximate surface area is 155 Å². The smallest absolute Gasteiger partial charge is 0.186 e. The van der Waals surface area contributed by atoms with Gasteiger partial charge >= 0.3 is 0 Å². The maximum absolute atomic E-state index is 11.7. The summed E-state index contributed by atoms with van der Waals surface area (Å²) >= 11 is -5.15. The summed E-state index contributed by atoms with van der Waals surface area (Å²) in [4.78, 5) is 0. The summed E-state index contributed by atoms with van der Waals surface area (Å²) in [6.07, 6.45) is -9.75. The molecular weight excluding hydrogens is 396 g/mol. The summed E-state index contributed by atoms with van der Waals surface area (Å²) in [6.45, 7) is 3.25. The minimum Gasteiger partial charge on any atom is -0.391 e. The highest BCUT2D eigenvalue weighted by Crippen LogP contribution is 2.33. The van der Waals surface area contributed by atoms with E-state index in [0.29, 0.717) is 0 Å². The Balaban J connectivity index is 2.31. The van der Waals surface area contributed by atoms with E-state index in [0.717, 1.165) is 0 Å². The summed E-state index contributed by atoms with van der Waals surface area (Å²) in [5.41, 5.74) is 0. The number of aliphatic hydroxyl groups is 3. The predicted octanol–water partition coefficient (Wildman–Crippen LogP) is -2.02. The van der Waals surface area contributed by atoms with Gasteiger partial charge in [0.1, 0.15) is 22.7 Å². The van der Waals surface area contributed by atoms with Crippen LogP contribution in [0.2, 0.25) is 0 Å². The van der Waals surface area contributed by atoms with Gasteiger partial charge in [-0.15, -0.1) is 0 Å². The number of aliphatic hydroxyl groups excluding tert-OH is 3. The highest BCUT2D eigenvalue weighted by atomic mass is 32.2. The largest absolute Gasteiger partial charge is 0.391 e. The van der Waals surface area contributed by atoms with Gasteiger partial charge in [-0.2, -0.15) is 0 Å². The average molecular weight is 420 g/mol. The second-order valence-electron chi connectivity index (χ2n) is 6.26. The van der Waals surface area contributed by atoms with Crippen molar-refractivity contribution in [1.29, 1.82) is 0 Å². The average Bonchev–Trinajstić information content (AvgIpc) is 2.55. The van der Waals surface area contributed by atoms with Crippen molar-refractivity contribution in [2.45, 2.75) is 67.6 Å². The molecule has 12 atom stereocenters. The molecule has 0 aliphatic carbocycles. The van der Waals surface area contributed by atoms with Crippen LogP contribution in [0.5, 0.6) is 0 Å². The summed E-state index contributed by atoms with van der Waals surface area (Å²) in [5, 5.41) is 27.4. The van der Waals surface area contributed by atoms with Crippen LogP contribution >= 0.6 is 0 Å². The first-order chi connectivity index (χ1) is 12.1. The fourth-order valence-electron chi connectivity index (χ4n) is 2.99. The van der Waals surface area contributed by atoms with Crippen molar-refractivity contribution in [3.63, 3.8) is 0 Å². The molecule has 0 aromatic rings. The maximum Gasteiger partial charge on any atom is 0.186 e. The van der Waals surface area contributed by atoms with E-state index in [1.54, 1.807) is 13.8 Å². The molecule has 6 unspecified atom stereocenters. The standard InChI is InChI=1S/C13H24O11S2/c1-4-5(2)22-13(9(6(4)14)25(17)18)23-8-7(15)11(16)24-12(21-3)10(8)26(19)20/h4-16H,1-3H3,(H,17,18)(H,19,20)/t4-,5?,6+,7-,8+,9?,10?,11?,12+,13+/m1/s1. The van der Waals surface area contributed by atoms with Gasteiger partial charge < -0.3 is 43.4 Å². The molecule has 154 valence electrons. The third-order valence-electron chi connectivity index (χ3n) is 4.72. The van der Waals surface area contributed by atoms with Crippen molar-refractivity contribution in [3.8, 4) is 0 Å². The van der Waals surface area contributed by atoms with Gasteiger partial charge in [-0.25, -0.2) is 8.42 Å². The Hall–Kier alpha value is -0.0600. The summed E-state index contributed by atoms with van der Waals surface area (Å²) in [7, 11) is 1.17. The zero-order valence-electron chi connectivity index (χ0n) is 14.3. The zero-order valence-corrected chi connectivity index (χ0v) is 15.9. The van der Waals surface area contributed by atoms with Crippen molar-refractivity contribution in [3.05, 3.63) is 0 Å². The van der Waals surface area contributed by atoms with Crippen LogP contribution in [-0.2, 0) is 41.1 Å². The third-order valence-corrected chi connectivity index (χ3v) is 6.64. The lowest BCUT2D eigenvalue weighted by molar-refractivity contribution is -0.328. The lowest BCUT2D eigenvalue weighted by atomic mass is 9.93. The monoisotopic (exact) mass is 420 g/mol. The van der Waals surface area contributed by atoms with Gasteiger partial charge in [0.25, 0.3) is 0 Å². The van der Waals surface area contributed by atoms with Crippen LogP contribution in [0.1, 0.15) is 13.8 Å². The van der Waals surface area contributed by atoms with E-state index in [9.17, 15) is 32.8 Å². The van der Waals surface area contributed by atoms with Gasteiger partial charge in [-0.1, -0.05) is 6.92 Å². The third kappa shape index (κ3) is 4.33. The zero-order chi connectivity index (χ0) is 19.8. The first kappa shape index (κ1) is 22.2. The SMILES string of the molecule is CO[C@H]1OC(O)[C@H](O)[C@H](O[C@@H]2OC(C)[C@@H](C)[C@H](O)C2S(=O)O)C1S(=O)O. The topological polar surface area (TPSA) is 172 Å². The van der Waals surface area contributed by atoms with Gasteiger partial charge in [0, 0.05) is 13.0 Å². The Kier molecular flexibility index (Phi) is 7.66. The van der Waals surface area contributed by atoms with Crippen LogP contribution in [0, 0.1) is 5.92 Å². The van der Waals surface area contributed by atoms with E-state index >= 15 is 0 Å². The van der Waals surface area contributed by atoms with E-state index in [2.05, 4.69) is 0 Å². The van der Waals surface area contributed by atoms with Crippen LogP contribution < -0.4 is 0 Å². The molecule has 5 N–H and O–H groups in total. The molecule has 0 saturated carbocycles. The predicted molar refractivity (Wildman–Crippen MR) is 87.4 cm³/mol. The van der Waals surface area contributed by atoms with Gasteiger partial charge in [0.05, 0.1) is 12.2 Å². The fourth-order valence-corrected chi connectivity index (χ4v) is 4.62. The quantitative estimate of drug-likeness (QED) is 0.311. The Morgan fingerprint density at radius 2 is 1.46 bits per heavy atom. The molecule has 2 aliphatic heterocycles. The molecule has 0 bridgehead atoms. The lowest BCUT2D eigenvalue weighted by Crippen LogP contribution is -2.64. The summed E-state index contributed by atoms with van der Waals surface area (Å²) in [5.74, 6) is -0.476. The minimum atomic E-state index is -2.60. The Morgan fingerprint density at radius 1 is 0.885 bits per heavy atom. The summed E-state index contributed by atoms with van der Waals surface area (Å²) < 4.78 is 63.3. The highest BCUT2D eigenvalue weighted by molar-refractivity contribution is 7.80. The van der Waals surface area contributed by atoms with E-state index in [1.807, 2.05) is 0 Å². The number of ether oxygens (including phenoxy) is 4. The Bertz CT molecular complexity index is 534. The van der Waals surface area contributed by atoms with E-state index < -0.39 is 81.9 Å². The van der Waals surface area contributed by atoms with Crippen LogP contribution in [0.3, 0.4) is 0 Å². The molecule has 2 fully saturated rings. The molecule has 2 rings (SSSR count). The molecule has 26 heavy (non-hydrogen) atoms. The molecular formula is C13H24O11S2. The van der Waals surface area contributed by atoms with Crippen molar-refractivity contribution in [2.75, 3.05) is 7.11 Å². The highest BCUT2D eigenvalue weighted by Gasteiger charge is 2.53. The van der Waals surface area contributed by atoms with Crippen LogP contribution in [0.15, 0.2) is 0 Å². The summed E-state index contributed by atoms with van der Waals surface area (Å²) in [6, 6.07) is 0. The van der Waals surface area contributed by atoms with E-state index in [4.69, 9.17) is 18.9 Å². The maximum atomic E-state index is 11.7. The number of rotatable bonds is 5. The van der Waals surface area contributed by atoms with Gasteiger partial charge in [0.2, 0.25) is 0 Å². The molecule has 0 amide bonds. The van der Waals surface area contributed by atoms with Crippen molar-refractivity contribution >= 4 is 22.2 Å². The number of methoxy groups -OCH3 is 1. The second-order valence-corrected chi connectivity index (χ2v) is 8.46. The molecule has 11 nitrogen and oxygen atoms in total. The first-order valence-corrected chi connectivity index (χ1v) is 10.2. The Morgan fingerprint density at radius 3 is 1.96 bits per heavy atom. The first-order valence-electron chi connectivity index (χ1n) is 7.82. The normalized spacial score (nSPS) is 49.5. The van der Waals surface area contributed by atoms with Gasteiger partial charge in [-0.05, 0) is 6.92 Å². The van der Waals surface area contributed by atoms with Crippen LogP contribution in [-0.4, -0.2) is 93.7 Å². The van der Waals surface area contributed by atoms with Crippen LogP contribution in [0.25, 0.3) is 0 Å². The van der Waals surface area contributed by atoms with Gasteiger partial charge in [-0.3, -0.25) is 0 Å². The second kappa shape index (κ2) is 8.96. The molecule has 0 radical (unpaired) electrons. The lowest BCUT2D eigenvalue weighted by Gasteiger charge is -2.45. The van der Waals surface area contributed by atoms with E-state index in [1.165, 1.54) is 7.11 Å². The number of hydrogen-bond acceptors (Lipinski definition) is 9. The van der Waals surface area contributed by atoms with E-state index in [-0.39, 0.29) is 0 Å². The number of hydrogen-bond donors (Lipinski definition) is 5. The molecule has 0 aromatic carbocycles. The molecule has 0 spiro atoms. The molecule has 2 aliphatic rings. The fraction of sp³-hybridized carbons (Fsp3) is 1.00. The van der Waals surface area contributed by atoms with Crippen molar-refractivity contribution in [2.24, 2.45) is 5.92 Å². The van der Waals surface area contributed by atoms with Crippen molar-refractivity contribution < 1.29 is 51.8 Å². The molecule has 2 saturated heterocycles. The van der Waals surface area contributed by atoms with Crippen LogP contribution in [0.4, 0.5) is 0 Å².